The second-order valence-corrected chi connectivity index (χ2v) is 9.62. The van der Waals surface area contributed by atoms with Crippen molar-refractivity contribution in [2.45, 2.75) is 26.3 Å². The monoisotopic (exact) mass is 476 g/mol. The van der Waals surface area contributed by atoms with Crippen LogP contribution in [0.25, 0.3) is 10.2 Å². The highest BCUT2D eigenvalue weighted by molar-refractivity contribution is 7.17. The Hall–Kier alpha value is -3.52. The second kappa shape index (κ2) is 9.38. The van der Waals surface area contributed by atoms with E-state index in [1.54, 1.807) is 16.7 Å². The number of anilines is 2. The molecule has 1 N–H and O–H groups in total. The number of amides is 1. The molecule has 1 amide bonds. The van der Waals surface area contributed by atoms with E-state index < -0.39 is 0 Å². The van der Waals surface area contributed by atoms with Gasteiger partial charge in [0.2, 0.25) is 11.9 Å². The molecule has 1 saturated heterocycles. The first-order valence-corrected chi connectivity index (χ1v) is 12.2. The lowest BCUT2D eigenvalue weighted by atomic mass is 9.97. The van der Waals surface area contributed by atoms with E-state index in [4.69, 9.17) is 4.98 Å². The molecular formula is C26H25FN4O2S. The maximum atomic E-state index is 13.4. The van der Waals surface area contributed by atoms with Crippen LogP contribution in [0.3, 0.4) is 0 Å². The Kier molecular flexibility index (Phi) is 6.15. The summed E-state index contributed by atoms with van der Waals surface area (Å²) in [6.07, 6.45) is 1.59. The number of nitrogens with one attached hydrogen (secondary N) is 1. The van der Waals surface area contributed by atoms with E-state index in [2.05, 4.69) is 5.32 Å². The number of benzene rings is 2. The molecule has 0 saturated carbocycles. The lowest BCUT2D eigenvalue weighted by molar-refractivity contribution is -0.120. The predicted octanol–water partition coefficient (Wildman–Crippen LogP) is 4.81. The standard InChI is InChI=1S/C26H25FN4O2S/c1-17-4-2-6-21(14-17)28-24(32)19-5-3-12-30(16-19)26-29-22-11-13-34-23(22)25(33)31(26)15-18-7-9-20(27)10-8-18/h2,4,6-11,13-14,19H,3,5,12,15-16H2,1H3,(H,28,32)/t19-/m1/s1. The van der Waals surface area contributed by atoms with Gasteiger partial charge in [-0.05, 0) is 66.6 Å². The number of thiophene rings is 1. The quantitative estimate of drug-likeness (QED) is 0.449. The summed E-state index contributed by atoms with van der Waals surface area (Å²) in [4.78, 5) is 33.3. The molecule has 34 heavy (non-hydrogen) atoms. The van der Waals surface area contributed by atoms with E-state index in [1.165, 1.54) is 23.5 Å². The molecule has 5 rings (SSSR count). The van der Waals surface area contributed by atoms with Crippen LogP contribution in [0, 0.1) is 18.7 Å². The third kappa shape index (κ3) is 4.59. The van der Waals surface area contributed by atoms with Crippen LogP contribution >= 0.6 is 11.3 Å². The van der Waals surface area contributed by atoms with Gasteiger partial charge in [0.1, 0.15) is 10.5 Å². The fourth-order valence-corrected chi connectivity index (χ4v) is 5.21. The topological polar surface area (TPSA) is 67.2 Å². The minimum atomic E-state index is -0.318. The van der Waals surface area contributed by atoms with Crippen molar-refractivity contribution in [3.8, 4) is 0 Å². The molecule has 0 unspecified atom stereocenters. The summed E-state index contributed by atoms with van der Waals surface area (Å²) in [6.45, 7) is 3.46. The number of nitrogens with zero attached hydrogens (tertiary/aromatic N) is 3. The normalized spacial score (nSPS) is 16.1. The first kappa shape index (κ1) is 22.3. The molecular weight excluding hydrogens is 451 g/mol. The van der Waals surface area contributed by atoms with E-state index >= 15 is 0 Å². The fourth-order valence-electron chi connectivity index (χ4n) is 4.43. The summed E-state index contributed by atoms with van der Waals surface area (Å²) in [5, 5.41) is 4.89. The Morgan fingerprint density at radius 2 is 2.03 bits per heavy atom. The van der Waals surface area contributed by atoms with Gasteiger partial charge in [-0.15, -0.1) is 11.3 Å². The molecule has 1 fully saturated rings. The number of hydrogen-bond donors (Lipinski definition) is 1. The highest BCUT2D eigenvalue weighted by Crippen LogP contribution is 2.26. The number of fused-ring (bicyclic) bond motifs is 1. The van der Waals surface area contributed by atoms with E-state index in [0.717, 1.165) is 29.7 Å². The van der Waals surface area contributed by atoms with Crippen LogP contribution in [-0.4, -0.2) is 28.5 Å². The van der Waals surface area contributed by atoms with Gasteiger partial charge in [0.15, 0.2) is 0 Å². The molecule has 3 heterocycles. The molecule has 4 aromatic rings. The van der Waals surface area contributed by atoms with Gasteiger partial charge in [-0.3, -0.25) is 14.2 Å². The highest BCUT2D eigenvalue weighted by Gasteiger charge is 2.29. The lowest BCUT2D eigenvalue weighted by Gasteiger charge is -2.34. The minimum Gasteiger partial charge on any atom is -0.341 e. The average Bonchev–Trinajstić information content (AvgIpc) is 3.31. The van der Waals surface area contributed by atoms with Crippen molar-refractivity contribution in [3.63, 3.8) is 0 Å². The molecule has 0 aliphatic carbocycles. The van der Waals surface area contributed by atoms with Crippen LogP contribution in [-0.2, 0) is 11.3 Å². The van der Waals surface area contributed by atoms with Gasteiger partial charge in [0.05, 0.1) is 18.0 Å². The maximum absolute atomic E-state index is 13.4. The smallest absolute Gasteiger partial charge is 0.273 e. The van der Waals surface area contributed by atoms with Crippen molar-refractivity contribution in [1.29, 1.82) is 0 Å². The van der Waals surface area contributed by atoms with Crippen molar-refractivity contribution in [2.24, 2.45) is 5.92 Å². The van der Waals surface area contributed by atoms with Gasteiger partial charge in [-0.25, -0.2) is 9.37 Å². The number of aromatic nitrogens is 2. The molecule has 0 radical (unpaired) electrons. The maximum Gasteiger partial charge on any atom is 0.273 e. The van der Waals surface area contributed by atoms with Crippen LogP contribution in [0.5, 0.6) is 0 Å². The van der Waals surface area contributed by atoms with Gasteiger partial charge in [0.25, 0.3) is 5.56 Å². The first-order chi connectivity index (χ1) is 16.5. The van der Waals surface area contributed by atoms with Gasteiger partial charge in [-0.1, -0.05) is 24.3 Å². The van der Waals surface area contributed by atoms with Gasteiger partial charge in [-0.2, -0.15) is 0 Å². The summed E-state index contributed by atoms with van der Waals surface area (Å²) in [5.74, 6) is -0.0159. The number of halogens is 1. The molecule has 2 aromatic heterocycles. The van der Waals surface area contributed by atoms with Crippen molar-refractivity contribution in [1.82, 2.24) is 9.55 Å². The third-order valence-electron chi connectivity index (χ3n) is 6.16. The summed E-state index contributed by atoms with van der Waals surface area (Å²) in [6, 6.07) is 15.7. The summed E-state index contributed by atoms with van der Waals surface area (Å²) < 4.78 is 15.7. The fraction of sp³-hybridized carbons (Fsp3) is 0.269. The van der Waals surface area contributed by atoms with Crippen molar-refractivity contribution >= 4 is 39.1 Å². The molecule has 8 heteroatoms. The molecule has 174 valence electrons. The number of hydrogen-bond acceptors (Lipinski definition) is 5. The Morgan fingerprint density at radius 1 is 1.21 bits per heavy atom. The third-order valence-corrected chi connectivity index (χ3v) is 7.05. The zero-order valence-corrected chi connectivity index (χ0v) is 19.6. The highest BCUT2D eigenvalue weighted by atomic mass is 32.1. The zero-order valence-electron chi connectivity index (χ0n) is 18.8. The molecule has 0 bridgehead atoms. The molecule has 6 nitrogen and oxygen atoms in total. The number of aryl methyl sites for hydroxylation is 1. The van der Waals surface area contributed by atoms with Crippen LogP contribution < -0.4 is 15.8 Å². The SMILES string of the molecule is Cc1cccc(NC(=O)[C@@H]2CCCN(c3nc4ccsc4c(=O)n3Cc3ccc(F)cc3)C2)c1. The number of rotatable bonds is 5. The van der Waals surface area contributed by atoms with Crippen LogP contribution in [0.4, 0.5) is 16.0 Å². The second-order valence-electron chi connectivity index (χ2n) is 8.71. The molecule has 2 aromatic carbocycles. The lowest BCUT2D eigenvalue weighted by Crippen LogP contribution is -2.43. The van der Waals surface area contributed by atoms with Crippen molar-refractivity contribution in [3.05, 3.63) is 87.3 Å². The number of carbonyl (C=O) groups excluding carboxylic acids is 1. The Morgan fingerprint density at radius 3 is 2.82 bits per heavy atom. The van der Waals surface area contributed by atoms with Gasteiger partial charge in [0, 0.05) is 18.8 Å². The van der Waals surface area contributed by atoms with E-state index in [1.807, 2.05) is 47.5 Å². The summed E-state index contributed by atoms with van der Waals surface area (Å²) >= 11 is 1.37. The Balaban J connectivity index is 1.44. The van der Waals surface area contributed by atoms with Crippen molar-refractivity contribution < 1.29 is 9.18 Å². The van der Waals surface area contributed by atoms with Crippen LogP contribution in [0.1, 0.15) is 24.0 Å². The van der Waals surface area contributed by atoms with Crippen molar-refractivity contribution in [2.75, 3.05) is 23.3 Å². The largest absolute Gasteiger partial charge is 0.341 e. The summed E-state index contributed by atoms with van der Waals surface area (Å²) in [5.41, 5.74) is 3.22. The van der Waals surface area contributed by atoms with E-state index in [-0.39, 0.29) is 29.7 Å². The van der Waals surface area contributed by atoms with E-state index in [0.29, 0.717) is 29.3 Å². The Bertz CT molecular complexity index is 1400. The predicted molar refractivity (Wildman–Crippen MR) is 134 cm³/mol. The molecule has 1 aliphatic rings. The van der Waals surface area contributed by atoms with Crippen LogP contribution in [0.2, 0.25) is 0 Å². The number of piperidine rings is 1. The average molecular weight is 477 g/mol. The van der Waals surface area contributed by atoms with E-state index in [9.17, 15) is 14.0 Å². The zero-order chi connectivity index (χ0) is 23.7. The summed E-state index contributed by atoms with van der Waals surface area (Å²) in [7, 11) is 0. The number of carbonyl (C=O) groups is 1. The first-order valence-electron chi connectivity index (χ1n) is 11.3. The Labute approximate surface area is 200 Å². The minimum absolute atomic E-state index is 0.0284. The molecule has 0 spiro atoms. The molecule has 1 aliphatic heterocycles. The van der Waals surface area contributed by atoms with Gasteiger partial charge < -0.3 is 10.2 Å². The molecule has 1 atom stereocenters. The van der Waals surface area contributed by atoms with Gasteiger partial charge >= 0.3 is 0 Å². The van der Waals surface area contributed by atoms with Crippen LogP contribution in [0.15, 0.2) is 64.8 Å².